The molecule has 166 valence electrons. The van der Waals surface area contributed by atoms with Crippen molar-refractivity contribution in [3.05, 3.63) is 83.4 Å². The number of hydrogen-bond donors (Lipinski definition) is 2. The number of carboxylic acid groups (broad SMARTS) is 1. The van der Waals surface area contributed by atoms with Crippen molar-refractivity contribution >= 4 is 63.7 Å². The lowest BCUT2D eigenvalue weighted by Crippen LogP contribution is -2.19. The fourth-order valence-electron chi connectivity index (χ4n) is 2.92. The van der Waals surface area contributed by atoms with E-state index in [0.717, 1.165) is 14.4 Å². The summed E-state index contributed by atoms with van der Waals surface area (Å²) in [7, 11) is 0. The van der Waals surface area contributed by atoms with Crippen LogP contribution >= 0.6 is 34.9 Å². The first-order chi connectivity index (χ1) is 16.1. The summed E-state index contributed by atoms with van der Waals surface area (Å²) in [4.78, 5) is 22.9. The highest BCUT2D eigenvalue weighted by molar-refractivity contribution is 8.03. The van der Waals surface area contributed by atoms with Crippen LogP contribution in [0.4, 0.5) is 0 Å². The van der Waals surface area contributed by atoms with Crippen LogP contribution in [0.5, 0.6) is 0 Å². The van der Waals surface area contributed by atoms with Crippen LogP contribution in [0.25, 0.3) is 10.8 Å². The van der Waals surface area contributed by atoms with Crippen molar-refractivity contribution < 1.29 is 14.7 Å². The molecule has 4 rings (SSSR count). The smallest absolute Gasteiger partial charge is 0.335 e. The molecule has 33 heavy (non-hydrogen) atoms. The molecule has 3 aromatic carbocycles. The second-order valence-corrected chi connectivity index (χ2v) is 10.2. The Balaban J connectivity index is 1.24. The van der Waals surface area contributed by atoms with Gasteiger partial charge in [0.25, 0.3) is 5.91 Å². The number of hydrazone groups is 1. The molecule has 2 N–H and O–H groups in total. The van der Waals surface area contributed by atoms with Gasteiger partial charge in [-0.1, -0.05) is 89.5 Å². The lowest BCUT2D eigenvalue weighted by molar-refractivity contribution is -0.118. The predicted octanol–water partition coefficient (Wildman–Crippen LogP) is 4.92. The zero-order valence-corrected chi connectivity index (χ0v) is 19.6. The summed E-state index contributed by atoms with van der Waals surface area (Å²) in [6.45, 7) is 0. The van der Waals surface area contributed by atoms with Crippen molar-refractivity contribution in [2.24, 2.45) is 5.10 Å². The van der Waals surface area contributed by atoms with Crippen LogP contribution in [0, 0.1) is 0 Å². The van der Waals surface area contributed by atoms with E-state index in [1.54, 1.807) is 23.9 Å². The molecule has 0 saturated heterocycles. The summed E-state index contributed by atoms with van der Waals surface area (Å²) >= 11 is 4.39. The lowest BCUT2D eigenvalue weighted by Gasteiger charge is -2.04. The van der Waals surface area contributed by atoms with Gasteiger partial charge in [0.1, 0.15) is 0 Å². The van der Waals surface area contributed by atoms with Gasteiger partial charge in [0.15, 0.2) is 8.68 Å². The molecule has 4 aromatic rings. The van der Waals surface area contributed by atoms with Crippen LogP contribution in [0.1, 0.15) is 21.5 Å². The number of hydrogen-bond acceptors (Lipinski definition) is 8. The van der Waals surface area contributed by atoms with Crippen LogP contribution in [0.3, 0.4) is 0 Å². The molecule has 0 radical (unpaired) electrons. The maximum atomic E-state index is 12.0. The molecule has 0 bridgehead atoms. The zero-order valence-electron chi connectivity index (χ0n) is 17.2. The Labute approximate surface area is 202 Å². The quantitative estimate of drug-likeness (QED) is 0.193. The van der Waals surface area contributed by atoms with Crippen molar-refractivity contribution in [3.63, 3.8) is 0 Å². The molecule has 0 saturated carbocycles. The Hall–Kier alpha value is -3.21. The van der Waals surface area contributed by atoms with E-state index in [1.165, 1.54) is 57.8 Å². The Kier molecular flexibility index (Phi) is 7.71. The Bertz CT molecular complexity index is 1300. The minimum Gasteiger partial charge on any atom is -0.478 e. The van der Waals surface area contributed by atoms with Gasteiger partial charge in [-0.05, 0) is 34.0 Å². The average molecular weight is 495 g/mol. The third-order valence-electron chi connectivity index (χ3n) is 4.51. The van der Waals surface area contributed by atoms with Crippen LogP contribution in [-0.2, 0) is 10.5 Å². The molecular formula is C23H18N4O3S3. The first-order valence-electron chi connectivity index (χ1n) is 9.79. The number of aromatic carboxylic acids is 1. The third kappa shape index (κ3) is 6.41. The molecule has 1 heterocycles. The Morgan fingerprint density at radius 1 is 0.970 bits per heavy atom. The maximum Gasteiger partial charge on any atom is 0.335 e. The van der Waals surface area contributed by atoms with Crippen LogP contribution in [-0.4, -0.2) is 39.1 Å². The first-order valence-corrected chi connectivity index (χ1v) is 12.6. The number of nitrogens with zero attached hydrogens (tertiary/aromatic N) is 3. The number of carbonyl (C=O) groups is 2. The standard InChI is InChI=1S/C23H18N4O3S3/c28-20(25-24-12-15-8-10-17(11-9-15)21(29)30)14-32-23-27-26-22(33-23)31-13-18-6-3-5-16-4-1-2-7-19(16)18/h1-12H,13-14H2,(H,25,28)(H,29,30)/b24-12-. The van der Waals surface area contributed by atoms with Gasteiger partial charge in [0, 0.05) is 5.75 Å². The highest BCUT2D eigenvalue weighted by Gasteiger charge is 2.09. The Morgan fingerprint density at radius 2 is 1.70 bits per heavy atom. The van der Waals surface area contributed by atoms with Crippen molar-refractivity contribution in [1.82, 2.24) is 15.6 Å². The monoisotopic (exact) mass is 494 g/mol. The van der Waals surface area contributed by atoms with Crippen molar-refractivity contribution in [2.75, 3.05) is 5.75 Å². The molecule has 0 unspecified atom stereocenters. The summed E-state index contributed by atoms with van der Waals surface area (Å²) < 4.78 is 1.58. The fraction of sp³-hybridized carbons (Fsp3) is 0.0870. The van der Waals surface area contributed by atoms with E-state index in [-0.39, 0.29) is 17.2 Å². The van der Waals surface area contributed by atoms with Gasteiger partial charge in [-0.2, -0.15) is 5.10 Å². The van der Waals surface area contributed by atoms with Crippen LogP contribution in [0.15, 0.2) is 80.5 Å². The summed E-state index contributed by atoms with van der Waals surface area (Å²) in [5, 5.41) is 23.6. The average Bonchev–Trinajstić information content (AvgIpc) is 3.29. The van der Waals surface area contributed by atoms with Gasteiger partial charge in [-0.25, -0.2) is 10.2 Å². The number of amides is 1. The lowest BCUT2D eigenvalue weighted by atomic mass is 10.1. The van der Waals surface area contributed by atoms with E-state index in [1.807, 2.05) is 12.1 Å². The number of carbonyl (C=O) groups excluding carboxylic acids is 1. The minimum absolute atomic E-state index is 0.165. The minimum atomic E-state index is -0.990. The van der Waals surface area contributed by atoms with Crippen molar-refractivity contribution in [2.45, 2.75) is 14.4 Å². The third-order valence-corrected chi connectivity index (χ3v) is 7.74. The molecule has 0 atom stereocenters. The van der Waals surface area contributed by atoms with E-state index in [2.05, 4.69) is 51.1 Å². The molecule has 7 nitrogen and oxygen atoms in total. The van der Waals surface area contributed by atoms with Crippen molar-refractivity contribution in [1.29, 1.82) is 0 Å². The fourth-order valence-corrected chi connectivity index (χ4v) is 5.74. The number of fused-ring (bicyclic) bond motifs is 1. The number of carboxylic acids is 1. The van der Waals surface area contributed by atoms with Gasteiger partial charge in [-0.3, -0.25) is 4.79 Å². The summed E-state index contributed by atoms with van der Waals surface area (Å²) in [5.74, 6) is -0.296. The summed E-state index contributed by atoms with van der Waals surface area (Å²) in [5.41, 5.74) is 4.58. The van der Waals surface area contributed by atoms with Gasteiger partial charge in [0.2, 0.25) is 0 Å². The molecule has 1 aromatic heterocycles. The number of aromatic nitrogens is 2. The van der Waals surface area contributed by atoms with Crippen LogP contribution < -0.4 is 5.43 Å². The molecule has 1 amide bonds. The molecule has 0 aliphatic carbocycles. The van der Waals surface area contributed by atoms with E-state index in [4.69, 9.17) is 5.11 Å². The second-order valence-electron chi connectivity index (χ2n) is 6.77. The van der Waals surface area contributed by atoms with Gasteiger partial charge < -0.3 is 5.11 Å². The van der Waals surface area contributed by atoms with E-state index >= 15 is 0 Å². The van der Waals surface area contributed by atoms with E-state index in [9.17, 15) is 9.59 Å². The number of benzene rings is 3. The largest absolute Gasteiger partial charge is 0.478 e. The predicted molar refractivity (Wildman–Crippen MR) is 133 cm³/mol. The summed E-state index contributed by atoms with van der Waals surface area (Å²) in [6, 6.07) is 20.8. The Morgan fingerprint density at radius 3 is 2.48 bits per heavy atom. The summed E-state index contributed by atoms with van der Waals surface area (Å²) in [6.07, 6.45) is 1.46. The number of rotatable bonds is 9. The SMILES string of the molecule is O=C(CSc1nnc(SCc2cccc3ccccc23)s1)N/N=C\c1ccc(C(=O)O)cc1. The van der Waals surface area contributed by atoms with Crippen molar-refractivity contribution in [3.8, 4) is 0 Å². The molecule has 0 fully saturated rings. The molecule has 0 spiro atoms. The number of nitrogens with one attached hydrogen (secondary N) is 1. The second kappa shape index (κ2) is 11.1. The van der Waals surface area contributed by atoms with Gasteiger partial charge >= 0.3 is 5.97 Å². The van der Waals surface area contributed by atoms with E-state index in [0.29, 0.717) is 5.56 Å². The van der Waals surface area contributed by atoms with E-state index < -0.39 is 5.97 Å². The highest BCUT2D eigenvalue weighted by Crippen LogP contribution is 2.32. The van der Waals surface area contributed by atoms with Crippen LogP contribution in [0.2, 0.25) is 0 Å². The zero-order chi connectivity index (χ0) is 23.0. The molecule has 0 aliphatic heterocycles. The van der Waals surface area contributed by atoms with Gasteiger partial charge in [0.05, 0.1) is 17.5 Å². The molecular weight excluding hydrogens is 476 g/mol. The first kappa shape index (κ1) is 23.0. The van der Waals surface area contributed by atoms with Gasteiger partial charge in [-0.15, -0.1) is 10.2 Å². The molecule has 0 aliphatic rings. The number of thioether (sulfide) groups is 2. The maximum absolute atomic E-state index is 12.0. The molecule has 10 heteroatoms. The topological polar surface area (TPSA) is 105 Å². The highest BCUT2D eigenvalue weighted by atomic mass is 32.2. The normalized spacial score (nSPS) is 11.2.